The van der Waals surface area contributed by atoms with Crippen LogP contribution in [0.3, 0.4) is 0 Å². The summed E-state index contributed by atoms with van der Waals surface area (Å²) in [6.07, 6.45) is 2.95. The monoisotopic (exact) mass is 334 g/mol. The second-order valence-electron chi connectivity index (χ2n) is 5.47. The molecule has 0 saturated heterocycles. The molecule has 6 nitrogen and oxygen atoms in total. The molecular formula is C15H27O6P. The molecular weight excluding hydrogens is 307 g/mol. The molecule has 0 bridgehead atoms. The van der Waals surface area contributed by atoms with Gasteiger partial charge in [-0.25, -0.2) is 4.79 Å². The number of unbranched alkanes of at least 4 members (excludes halogenated alkanes) is 1. The van der Waals surface area contributed by atoms with Crippen LogP contribution in [0.5, 0.6) is 0 Å². The van der Waals surface area contributed by atoms with E-state index in [2.05, 4.69) is 4.74 Å². The number of carboxylic acid groups (broad SMARTS) is 1. The maximum atomic E-state index is 12.7. The lowest BCUT2D eigenvalue weighted by Crippen LogP contribution is -2.12. The van der Waals surface area contributed by atoms with Crippen LogP contribution in [-0.4, -0.2) is 43.1 Å². The fraction of sp³-hybridized carbons (Fsp3) is 0.733. The van der Waals surface area contributed by atoms with E-state index in [1.165, 1.54) is 13.2 Å². The lowest BCUT2D eigenvalue weighted by Gasteiger charge is -2.20. The molecule has 0 rings (SSSR count). The number of esters is 1. The van der Waals surface area contributed by atoms with E-state index >= 15 is 0 Å². The Hall–Kier alpha value is -1.13. The molecule has 7 heteroatoms. The van der Waals surface area contributed by atoms with E-state index in [-0.39, 0.29) is 30.0 Å². The zero-order chi connectivity index (χ0) is 17.2. The third-order valence-corrected chi connectivity index (χ3v) is 5.73. The highest BCUT2D eigenvalue weighted by atomic mass is 31.2. The number of carbonyl (C=O) groups excluding carboxylic acids is 1. The number of rotatable bonds is 11. The fourth-order valence-electron chi connectivity index (χ4n) is 2.06. The van der Waals surface area contributed by atoms with Crippen molar-refractivity contribution in [1.82, 2.24) is 0 Å². The van der Waals surface area contributed by atoms with Gasteiger partial charge < -0.3 is 14.4 Å². The zero-order valence-electron chi connectivity index (χ0n) is 13.8. The van der Waals surface area contributed by atoms with Crippen molar-refractivity contribution < 1.29 is 28.5 Å². The van der Waals surface area contributed by atoms with Crippen molar-refractivity contribution >= 4 is 19.3 Å². The second-order valence-corrected chi connectivity index (χ2v) is 8.04. The molecule has 0 aromatic rings. The number of hydrogen-bond donors (Lipinski definition) is 1. The van der Waals surface area contributed by atoms with Gasteiger partial charge in [0.2, 0.25) is 7.37 Å². The molecule has 22 heavy (non-hydrogen) atoms. The highest BCUT2D eigenvalue weighted by Crippen LogP contribution is 2.50. The summed E-state index contributed by atoms with van der Waals surface area (Å²) in [7, 11) is -1.69. The Labute approximate surface area is 132 Å². The Morgan fingerprint density at radius 1 is 1.32 bits per heavy atom. The van der Waals surface area contributed by atoms with Gasteiger partial charge in [-0.2, -0.15) is 0 Å². The molecule has 0 aromatic heterocycles. The van der Waals surface area contributed by atoms with Gasteiger partial charge in [0.05, 0.1) is 19.9 Å². The molecule has 0 fully saturated rings. The molecule has 1 atom stereocenters. The van der Waals surface area contributed by atoms with Gasteiger partial charge in [-0.05, 0) is 25.7 Å². The number of allylic oxidation sites excluding steroid dienone is 1. The molecule has 0 aliphatic heterocycles. The van der Waals surface area contributed by atoms with E-state index in [4.69, 9.17) is 4.52 Å². The van der Waals surface area contributed by atoms with Gasteiger partial charge in [0.1, 0.15) is 0 Å². The SMILES string of the molecule is CCOP(=O)(C/C(=C/CCCC(=O)OC)C(=O)O)CC(C)C. The van der Waals surface area contributed by atoms with Gasteiger partial charge in [-0.1, -0.05) is 19.9 Å². The van der Waals surface area contributed by atoms with Crippen molar-refractivity contribution in [2.75, 3.05) is 26.0 Å². The van der Waals surface area contributed by atoms with E-state index in [0.29, 0.717) is 25.6 Å². The summed E-state index contributed by atoms with van der Waals surface area (Å²) in [6, 6.07) is 0. The number of aliphatic carboxylic acids is 1. The number of carbonyl (C=O) groups is 2. The van der Waals surface area contributed by atoms with Gasteiger partial charge in [0.15, 0.2) is 0 Å². The lowest BCUT2D eigenvalue weighted by atomic mass is 10.2. The van der Waals surface area contributed by atoms with Crippen molar-refractivity contribution in [3.05, 3.63) is 11.6 Å². The summed E-state index contributed by atoms with van der Waals surface area (Å²) in [4.78, 5) is 22.3. The topological polar surface area (TPSA) is 89.9 Å². The van der Waals surface area contributed by atoms with Gasteiger partial charge in [0, 0.05) is 18.2 Å². The Morgan fingerprint density at radius 3 is 2.41 bits per heavy atom. The molecule has 1 unspecified atom stereocenters. The molecule has 0 amide bonds. The van der Waals surface area contributed by atoms with E-state index in [1.54, 1.807) is 6.92 Å². The van der Waals surface area contributed by atoms with Crippen LogP contribution < -0.4 is 0 Å². The van der Waals surface area contributed by atoms with E-state index in [0.717, 1.165) is 0 Å². The standard InChI is InChI=1S/C15H27O6P/c1-5-21-22(19,10-12(2)3)11-13(15(17)18)8-6-7-9-14(16)20-4/h8,12H,5-7,9-11H2,1-4H3,(H,17,18)/b13-8-. The number of methoxy groups -OCH3 is 1. The first kappa shape index (κ1) is 20.9. The van der Waals surface area contributed by atoms with Crippen molar-refractivity contribution in [3.8, 4) is 0 Å². The van der Waals surface area contributed by atoms with Gasteiger partial charge in [0.25, 0.3) is 0 Å². The average molecular weight is 334 g/mol. The average Bonchev–Trinajstić information content (AvgIpc) is 2.40. The molecule has 0 radical (unpaired) electrons. The van der Waals surface area contributed by atoms with Crippen LogP contribution in [0.25, 0.3) is 0 Å². The van der Waals surface area contributed by atoms with Gasteiger partial charge in [-0.3, -0.25) is 9.36 Å². The van der Waals surface area contributed by atoms with Crippen molar-refractivity contribution in [1.29, 1.82) is 0 Å². The normalized spacial score (nSPS) is 14.7. The fourth-order valence-corrected chi connectivity index (χ4v) is 4.75. The smallest absolute Gasteiger partial charge is 0.331 e. The summed E-state index contributed by atoms with van der Waals surface area (Å²) in [5.41, 5.74) is 0.0855. The molecule has 0 aliphatic rings. The Balaban J connectivity index is 4.81. The third-order valence-electron chi connectivity index (χ3n) is 2.90. The molecule has 128 valence electrons. The van der Waals surface area contributed by atoms with Crippen molar-refractivity contribution in [2.24, 2.45) is 5.92 Å². The third kappa shape index (κ3) is 9.00. The summed E-state index contributed by atoms with van der Waals surface area (Å²) in [6.45, 7) is 5.88. The van der Waals surface area contributed by atoms with E-state index in [9.17, 15) is 19.3 Å². The van der Waals surface area contributed by atoms with Crippen LogP contribution in [0.2, 0.25) is 0 Å². The first-order valence-corrected chi connectivity index (χ1v) is 9.45. The Bertz CT molecular complexity index is 441. The van der Waals surface area contributed by atoms with Crippen LogP contribution in [0.4, 0.5) is 0 Å². The van der Waals surface area contributed by atoms with Crippen LogP contribution >= 0.6 is 7.37 Å². The molecule has 0 spiro atoms. The molecule has 0 aliphatic carbocycles. The first-order chi connectivity index (χ1) is 10.2. The maximum Gasteiger partial charge on any atom is 0.331 e. The first-order valence-electron chi connectivity index (χ1n) is 7.45. The summed E-state index contributed by atoms with van der Waals surface area (Å²) in [5.74, 6) is -1.27. The van der Waals surface area contributed by atoms with E-state index < -0.39 is 13.3 Å². The maximum absolute atomic E-state index is 12.7. The van der Waals surface area contributed by atoms with Crippen LogP contribution in [0, 0.1) is 5.92 Å². The van der Waals surface area contributed by atoms with Crippen LogP contribution in [0.15, 0.2) is 11.6 Å². The second kappa shape index (κ2) is 10.6. The number of carboxylic acids is 1. The van der Waals surface area contributed by atoms with Crippen LogP contribution in [-0.2, 0) is 23.4 Å². The van der Waals surface area contributed by atoms with Crippen molar-refractivity contribution in [3.63, 3.8) is 0 Å². The number of hydrogen-bond acceptors (Lipinski definition) is 5. The number of ether oxygens (including phenoxy) is 1. The molecule has 1 N–H and O–H groups in total. The zero-order valence-corrected chi connectivity index (χ0v) is 14.7. The predicted molar refractivity (Wildman–Crippen MR) is 85.4 cm³/mol. The molecule has 0 aromatic carbocycles. The van der Waals surface area contributed by atoms with Crippen molar-refractivity contribution in [2.45, 2.75) is 40.0 Å². The summed E-state index contributed by atoms with van der Waals surface area (Å²) < 4.78 is 22.6. The largest absolute Gasteiger partial charge is 0.478 e. The lowest BCUT2D eigenvalue weighted by molar-refractivity contribution is -0.140. The quantitative estimate of drug-likeness (QED) is 0.270. The Morgan fingerprint density at radius 2 is 1.95 bits per heavy atom. The molecule has 0 heterocycles. The van der Waals surface area contributed by atoms with E-state index in [1.807, 2.05) is 13.8 Å². The Kier molecular flexibility index (Phi) is 10.0. The minimum atomic E-state index is -3.00. The van der Waals surface area contributed by atoms with Gasteiger partial charge in [-0.15, -0.1) is 0 Å². The van der Waals surface area contributed by atoms with Gasteiger partial charge >= 0.3 is 11.9 Å². The molecule has 0 saturated carbocycles. The van der Waals surface area contributed by atoms with Crippen LogP contribution in [0.1, 0.15) is 40.0 Å². The summed E-state index contributed by atoms with van der Waals surface area (Å²) in [5, 5.41) is 9.26. The highest BCUT2D eigenvalue weighted by molar-refractivity contribution is 7.59. The summed E-state index contributed by atoms with van der Waals surface area (Å²) >= 11 is 0. The predicted octanol–water partition coefficient (Wildman–Crippen LogP) is 3.31. The minimum Gasteiger partial charge on any atom is -0.478 e. The minimum absolute atomic E-state index is 0.0768. The highest BCUT2D eigenvalue weighted by Gasteiger charge is 2.27.